The van der Waals surface area contributed by atoms with Gasteiger partial charge in [-0.3, -0.25) is 0 Å². The Kier molecular flexibility index (Phi) is 6.71. The van der Waals surface area contributed by atoms with Crippen LogP contribution in [0.1, 0.15) is 50.4 Å². The highest BCUT2D eigenvalue weighted by Crippen LogP contribution is 2.30. The highest BCUT2D eigenvalue weighted by molar-refractivity contribution is 5.80. The summed E-state index contributed by atoms with van der Waals surface area (Å²) in [5.74, 6) is 3.56. The molecule has 1 aliphatic heterocycles. The van der Waals surface area contributed by atoms with Gasteiger partial charge in [-0.2, -0.15) is 5.10 Å². The van der Waals surface area contributed by atoms with Crippen molar-refractivity contribution in [3.63, 3.8) is 0 Å². The van der Waals surface area contributed by atoms with E-state index in [9.17, 15) is 0 Å². The first kappa shape index (κ1) is 20.5. The van der Waals surface area contributed by atoms with Gasteiger partial charge >= 0.3 is 0 Å². The third kappa shape index (κ3) is 5.04. The SMILES string of the molecule is CCNC(=NCc1ccc(OC)cc1OC1CCCC1)NC1CCc2ncnn2C1. The molecule has 1 fully saturated rings. The van der Waals surface area contributed by atoms with E-state index < -0.39 is 0 Å². The molecule has 0 radical (unpaired) electrons. The molecule has 0 spiro atoms. The predicted molar refractivity (Wildman–Crippen MR) is 116 cm³/mol. The molecule has 0 bridgehead atoms. The van der Waals surface area contributed by atoms with Gasteiger partial charge in [0.1, 0.15) is 23.7 Å². The lowest BCUT2D eigenvalue weighted by Crippen LogP contribution is -2.47. The lowest BCUT2D eigenvalue weighted by Gasteiger charge is -2.25. The van der Waals surface area contributed by atoms with Crippen LogP contribution in [0.2, 0.25) is 0 Å². The lowest BCUT2D eigenvalue weighted by atomic mass is 10.1. The number of methoxy groups -OCH3 is 1. The average molecular weight is 413 g/mol. The van der Waals surface area contributed by atoms with E-state index in [4.69, 9.17) is 14.5 Å². The predicted octanol–water partition coefficient (Wildman–Crippen LogP) is 2.68. The van der Waals surface area contributed by atoms with Crippen LogP contribution in [0.3, 0.4) is 0 Å². The molecule has 0 amide bonds. The monoisotopic (exact) mass is 412 g/mol. The molecule has 162 valence electrons. The van der Waals surface area contributed by atoms with Gasteiger partial charge in [0.15, 0.2) is 5.96 Å². The molecule has 0 saturated heterocycles. The van der Waals surface area contributed by atoms with Crippen molar-refractivity contribution in [2.75, 3.05) is 13.7 Å². The van der Waals surface area contributed by atoms with Gasteiger partial charge in [-0.1, -0.05) is 0 Å². The maximum atomic E-state index is 6.31. The fraction of sp³-hybridized carbons (Fsp3) is 0.591. The molecular formula is C22H32N6O2. The van der Waals surface area contributed by atoms with Crippen LogP contribution in [-0.2, 0) is 19.5 Å². The van der Waals surface area contributed by atoms with Crippen LogP contribution >= 0.6 is 0 Å². The molecular weight excluding hydrogens is 380 g/mol. The summed E-state index contributed by atoms with van der Waals surface area (Å²) in [6.45, 7) is 4.23. The molecule has 8 heteroatoms. The van der Waals surface area contributed by atoms with Crippen molar-refractivity contribution in [1.29, 1.82) is 0 Å². The molecule has 8 nitrogen and oxygen atoms in total. The number of hydrogen-bond donors (Lipinski definition) is 2. The van der Waals surface area contributed by atoms with E-state index in [2.05, 4.69) is 33.7 Å². The summed E-state index contributed by atoms with van der Waals surface area (Å²) in [5.41, 5.74) is 1.07. The third-order valence-corrected chi connectivity index (χ3v) is 5.77. The number of rotatable bonds is 7. The zero-order chi connectivity index (χ0) is 20.8. The van der Waals surface area contributed by atoms with Gasteiger partial charge in [-0.25, -0.2) is 14.7 Å². The molecule has 2 aromatic rings. The summed E-state index contributed by atoms with van der Waals surface area (Å²) in [4.78, 5) is 9.14. The van der Waals surface area contributed by atoms with E-state index in [1.807, 2.05) is 16.8 Å². The second-order valence-electron chi connectivity index (χ2n) is 7.93. The molecule has 2 aliphatic rings. The van der Waals surface area contributed by atoms with Crippen molar-refractivity contribution < 1.29 is 9.47 Å². The second-order valence-corrected chi connectivity index (χ2v) is 7.93. The van der Waals surface area contributed by atoms with Gasteiger partial charge in [0.05, 0.1) is 26.3 Å². The number of aliphatic imine (C=N–C) groups is 1. The Hall–Kier alpha value is -2.77. The van der Waals surface area contributed by atoms with E-state index in [1.165, 1.54) is 12.8 Å². The summed E-state index contributed by atoms with van der Waals surface area (Å²) in [5, 5.41) is 11.2. The Morgan fingerprint density at radius 2 is 2.13 bits per heavy atom. The number of fused-ring (bicyclic) bond motifs is 1. The average Bonchev–Trinajstić information content (AvgIpc) is 3.44. The topological polar surface area (TPSA) is 85.6 Å². The molecule has 2 N–H and O–H groups in total. The van der Waals surface area contributed by atoms with Gasteiger partial charge < -0.3 is 20.1 Å². The van der Waals surface area contributed by atoms with Crippen LogP contribution in [0.15, 0.2) is 29.5 Å². The van der Waals surface area contributed by atoms with Gasteiger partial charge in [0, 0.05) is 30.6 Å². The first-order valence-corrected chi connectivity index (χ1v) is 11.0. The molecule has 1 saturated carbocycles. The molecule has 1 atom stereocenters. The number of nitrogens with zero attached hydrogens (tertiary/aromatic N) is 4. The summed E-state index contributed by atoms with van der Waals surface area (Å²) in [6.07, 6.45) is 8.59. The van der Waals surface area contributed by atoms with Crippen molar-refractivity contribution in [2.45, 2.75) is 70.7 Å². The molecule has 4 rings (SSSR count). The smallest absolute Gasteiger partial charge is 0.191 e. The van der Waals surface area contributed by atoms with E-state index in [1.54, 1.807) is 13.4 Å². The fourth-order valence-electron chi connectivity index (χ4n) is 4.12. The van der Waals surface area contributed by atoms with Gasteiger partial charge in [-0.15, -0.1) is 0 Å². The van der Waals surface area contributed by atoms with Crippen LogP contribution in [0.4, 0.5) is 0 Å². The maximum Gasteiger partial charge on any atom is 0.191 e. The number of nitrogens with one attached hydrogen (secondary N) is 2. The van der Waals surface area contributed by atoms with Crippen LogP contribution in [0, 0.1) is 0 Å². The van der Waals surface area contributed by atoms with Crippen molar-refractivity contribution in [2.24, 2.45) is 4.99 Å². The van der Waals surface area contributed by atoms with E-state index in [0.29, 0.717) is 12.6 Å². The third-order valence-electron chi connectivity index (χ3n) is 5.77. The maximum absolute atomic E-state index is 6.31. The number of hydrogen-bond acceptors (Lipinski definition) is 5. The van der Waals surface area contributed by atoms with Crippen LogP contribution in [0.5, 0.6) is 11.5 Å². The Morgan fingerprint density at radius 3 is 2.93 bits per heavy atom. The minimum absolute atomic E-state index is 0.280. The Morgan fingerprint density at radius 1 is 1.27 bits per heavy atom. The Bertz CT molecular complexity index is 859. The molecule has 1 aromatic heterocycles. The van der Waals surface area contributed by atoms with E-state index >= 15 is 0 Å². The highest BCUT2D eigenvalue weighted by Gasteiger charge is 2.21. The minimum atomic E-state index is 0.280. The molecule has 1 unspecified atom stereocenters. The van der Waals surface area contributed by atoms with Gasteiger partial charge in [-0.05, 0) is 51.2 Å². The fourth-order valence-corrected chi connectivity index (χ4v) is 4.12. The van der Waals surface area contributed by atoms with E-state index in [0.717, 1.165) is 67.6 Å². The summed E-state index contributed by atoms with van der Waals surface area (Å²) < 4.78 is 13.7. The molecule has 30 heavy (non-hydrogen) atoms. The first-order valence-electron chi connectivity index (χ1n) is 11.0. The number of aryl methyl sites for hydroxylation is 1. The van der Waals surface area contributed by atoms with Crippen molar-refractivity contribution in [1.82, 2.24) is 25.4 Å². The van der Waals surface area contributed by atoms with E-state index in [-0.39, 0.29) is 6.04 Å². The standard InChI is InChI=1S/C22H32N6O2/c1-3-23-22(27-17-9-11-21-25-15-26-28(21)14-17)24-13-16-8-10-19(29-2)12-20(16)30-18-6-4-5-7-18/h8,10,12,15,17-18H,3-7,9,11,13-14H2,1-2H3,(H2,23,24,27). The Balaban J connectivity index is 1.45. The van der Waals surface area contributed by atoms with Crippen molar-refractivity contribution in [3.05, 3.63) is 35.9 Å². The largest absolute Gasteiger partial charge is 0.497 e. The first-order chi connectivity index (χ1) is 14.7. The van der Waals surface area contributed by atoms with Crippen LogP contribution in [0.25, 0.3) is 0 Å². The van der Waals surface area contributed by atoms with Gasteiger partial charge in [0.2, 0.25) is 0 Å². The van der Waals surface area contributed by atoms with Crippen LogP contribution < -0.4 is 20.1 Å². The Labute approximate surface area is 178 Å². The zero-order valence-corrected chi connectivity index (χ0v) is 17.9. The number of ether oxygens (including phenoxy) is 2. The summed E-state index contributed by atoms with van der Waals surface area (Å²) in [7, 11) is 1.68. The summed E-state index contributed by atoms with van der Waals surface area (Å²) >= 11 is 0. The number of benzene rings is 1. The summed E-state index contributed by atoms with van der Waals surface area (Å²) in [6, 6.07) is 6.29. The highest BCUT2D eigenvalue weighted by atomic mass is 16.5. The van der Waals surface area contributed by atoms with Crippen molar-refractivity contribution >= 4 is 5.96 Å². The normalized spacial score (nSPS) is 19.4. The lowest BCUT2D eigenvalue weighted by molar-refractivity contribution is 0.207. The minimum Gasteiger partial charge on any atom is -0.497 e. The zero-order valence-electron chi connectivity index (χ0n) is 17.9. The van der Waals surface area contributed by atoms with Gasteiger partial charge in [0.25, 0.3) is 0 Å². The number of aromatic nitrogens is 3. The molecule has 1 aliphatic carbocycles. The quantitative estimate of drug-likeness (QED) is 0.537. The van der Waals surface area contributed by atoms with Crippen LogP contribution in [-0.4, -0.2) is 46.5 Å². The molecule has 2 heterocycles. The number of guanidine groups is 1. The second kappa shape index (κ2) is 9.82. The molecule has 1 aromatic carbocycles. The van der Waals surface area contributed by atoms with Crippen molar-refractivity contribution in [3.8, 4) is 11.5 Å².